The van der Waals surface area contributed by atoms with Crippen LogP contribution in [0.3, 0.4) is 0 Å². The second kappa shape index (κ2) is 8.95. The van der Waals surface area contributed by atoms with Crippen LogP contribution in [-0.2, 0) is 4.79 Å². The molecule has 2 aromatic rings. The molecule has 1 aliphatic carbocycles. The van der Waals surface area contributed by atoms with Crippen LogP contribution in [0.1, 0.15) is 52.1 Å². The first-order valence-corrected chi connectivity index (χ1v) is 10.1. The molecule has 29 heavy (non-hydrogen) atoms. The predicted molar refractivity (Wildman–Crippen MR) is 121 cm³/mol. The fourth-order valence-electron chi connectivity index (χ4n) is 3.16. The number of amides is 1. The Morgan fingerprint density at radius 1 is 1.24 bits per heavy atom. The second-order valence-electron chi connectivity index (χ2n) is 7.45. The van der Waals surface area contributed by atoms with Crippen LogP contribution >= 0.6 is 0 Å². The summed E-state index contributed by atoms with van der Waals surface area (Å²) >= 11 is 0. The van der Waals surface area contributed by atoms with E-state index in [0.29, 0.717) is 11.5 Å². The topological polar surface area (TPSA) is 67.2 Å². The molecule has 0 bridgehead atoms. The van der Waals surface area contributed by atoms with Crippen molar-refractivity contribution in [3.63, 3.8) is 0 Å². The van der Waals surface area contributed by atoms with Gasteiger partial charge in [0.25, 0.3) is 0 Å². The van der Waals surface area contributed by atoms with Gasteiger partial charge >= 0.3 is 0 Å². The maximum atomic E-state index is 11.9. The number of nitrogens with one attached hydrogen (secondary N) is 1. The number of anilines is 1. The molecule has 0 unspecified atom stereocenters. The van der Waals surface area contributed by atoms with Crippen LogP contribution in [0.15, 0.2) is 60.0 Å². The Morgan fingerprint density at radius 3 is 2.59 bits per heavy atom. The van der Waals surface area contributed by atoms with Gasteiger partial charge in [-0.15, -0.1) is 0 Å². The first-order valence-electron chi connectivity index (χ1n) is 10.1. The summed E-state index contributed by atoms with van der Waals surface area (Å²) in [5, 5.41) is 4.77. The largest absolute Gasteiger partial charge is 0.310 e. The minimum atomic E-state index is 0.0503. The lowest BCUT2D eigenvalue weighted by Gasteiger charge is -2.10. The van der Waals surface area contributed by atoms with Crippen LogP contribution in [-0.4, -0.2) is 21.6 Å². The monoisotopic (exact) mass is 388 g/mol. The summed E-state index contributed by atoms with van der Waals surface area (Å²) in [6, 6.07) is 3.85. The van der Waals surface area contributed by atoms with E-state index in [1.165, 1.54) is 0 Å². The number of hydrogen-bond donors (Lipinski definition) is 1. The molecule has 1 N–H and O–H groups in total. The van der Waals surface area contributed by atoms with E-state index in [9.17, 15) is 4.79 Å². The molecule has 0 aliphatic heterocycles. The smallest absolute Gasteiger partial charge is 0.228 e. The van der Waals surface area contributed by atoms with Crippen LogP contribution in [0.4, 0.5) is 5.82 Å². The van der Waals surface area contributed by atoms with Crippen molar-refractivity contribution < 1.29 is 4.79 Å². The van der Waals surface area contributed by atoms with Gasteiger partial charge in [-0.3, -0.25) is 14.8 Å². The molecule has 5 nitrogen and oxygen atoms in total. The van der Waals surface area contributed by atoms with E-state index in [2.05, 4.69) is 40.4 Å². The molecule has 0 aromatic carbocycles. The number of nitrogens with zero attached hydrogens (tertiary/aromatic N) is 3. The van der Waals surface area contributed by atoms with Crippen molar-refractivity contribution in [2.24, 2.45) is 10.9 Å². The number of rotatable bonds is 8. The molecule has 1 amide bonds. The van der Waals surface area contributed by atoms with Crippen molar-refractivity contribution in [2.45, 2.75) is 46.5 Å². The number of pyridine rings is 2. The predicted octanol–water partition coefficient (Wildman–Crippen LogP) is 5.71. The van der Waals surface area contributed by atoms with Crippen molar-refractivity contribution in [1.82, 2.24) is 9.97 Å². The normalized spacial score (nSPS) is 14.7. The van der Waals surface area contributed by atoms with Gasteiger partial charge < -0.3 is 5.32 Å². The van der Waals surface area contributed by atoms with E-state index < -0.39 is 0 Å². The van der Waals surface area contributed by atoms with Crippen LogP contribution in [0.5, 0.6) is 0 Å². The molecule has 2 heterocycles. The van der Waals surface area contributed by atoms with Crippen molar-refractivity contribution >= 4 is 33.8 Å². The lowest BCUT2D eigenvalue weighted by molar-refractivity contribution is -0.117. The number of aliphatic imine (C=N–C) groups is 1. The summed E-state index contributed by atoms with van der Waals surface area (Å²) in [5.74, 6) is 0.767. The minimum absolute atomic E-state index is 0.0503. The van der Waals surface area contributed by atoms with Crippen molar-refractivity contribution in [2.75, 3.05) is 5.32 Å². The molecule has 150 valence electrons. The fraction of sp³-hybridized carbons (Fsp3) is 0.333. The van der Waals surface area contributed by atoms with Gasteiger partial charge in [0.1, 0.15) is 5.82 Å². The van der Waals surface area contributed by atoms with Crippen LogP contribution in [0.25, 0.3) is 16.3 Å². The standard InChI is InChI=1S/C24H28N4O/c1-6-8-15(3)16(4)27-17(5)21(7-2)22-11-19-14-26-23(12-20(19)13-25-22)28-24(29)18-9-10-18/h7,11-14,18H,3-4,6,8-10H2,1-2,5H3,(H,26,28,29)/b21-7+,27-17?. The van der Waals surface area contributed by atoms with Gasteiger partial charge in [-0.05, 0) is 50.8 Å². The zero-order valence-corrected chi connectivity index (χ0v) is 17.5. The number of carbonyl (C=O) groups is 1. The van der Waals surface area contributed by atoms with Gasteiger partial charge in [-0.2, -0.15) is 0 Å². The quantitative estimate of drug-likeness (QED) is 0.465. The molecular formula is C24H28N4O. The number of hydrogen-bond acceptors (Lipinski definition) is 4. The molecule has 5 heteroatoms. The summed E-state index contributed by atoms with van der Waals surface area (Å²) in [6.45, 7) is 14.1. The Kier molecular flexibility index (Phi) is 6.37. The molecule has 0 saturated heterocycles. The average molecular weight is 389 g/mol. The summed E-state index contributed by atoms with van der Waals surface area (Å²) in [7, 11) is 0. The van der Waals surface area contributed by atoms with Crippen LogP contribution in [0, 0.1) is 5.92 Å². The van der Waals surface area contributed by atoms with Gasteiger partial charge in [0.15, 0.2) is 0 Å². The van der Waals surface area contributed by atoms with Gasteiger partial charge in [-0.25, -0.2) is 4.98 Å². The maximum absolute atomic E-state index is 11.9. The highest BCUT2D eigenvalue weighted by Crippen LogP contribution is 2.30. The molecule has 2 aromatic heterocycles. The summed E-state index contributed by atoms with van der Waals surface area (Å²) in [5.41, 5.74) is 4.29. The molecule has 1 fully saturated rings. The highest BCUT2D eigenvalue weighted by atomic mass is 16.2. The Balaban J connectivity index is 1.83. The number of carbonyl (C=O) groups excluding carboxylic acids is 1. The van der Waals surface area contributed by atoms with Crippen LogP contribution < -0.4 is 5.32 Å². The molecule has 0 radical (unpaired) electrons. The van der Waals surface area contributed by atoms with Gasteiger partial charge in [0.05, 0.1) is 11.4 Å². The lowest BCUT2D eigenvalue weighted by Crippen LogP contribution is -2.14. The van der Waals surface area contributed by atoms with E-state index in [-0.39, 0.29) is 11.8 Å². The molecule has 1 saturated carbocycles. The van der Waals surface area contributed by atoms with Crippen molar-refractivity contribution in [1.29, 1.82) is 0 Å². The summed E-state index contributed by atoms with van der Waals surface area (Å²) in [6.07, 6.45) is 9.42. The van der Waals surface area contributed by atoms with E-state index in [1.807, 2.05) is 32.1 Å². The minimum Gasteiger partial charge on any atom is -0.310 e. The third-order valence-corrected chi connectivity index (χ3v) is 5.02. The second-order valence-corrected chi connectivity index (χ2v) is 7.45. The Morgan fingerprint density at radius 2 is 1.93 bits per heavy atom. The van der Waals surface area contributed by atoms with E-state index in [4.69, 9.17) is 0 Å². The highest BCUT2D eigenvalue weighted by molar-refractivity contribution is 6.22. The Labute approximate surface area is 172 Å². The van der Waals surface area contributed by atoms with Crippen molar-refractivity contribution in [3.05, 3.63) is 60.7 Å². The lowest BCUT2D eigenvalue weighted by atomic mass is 10.0. The molecule has 1 aliphatic rings. The Hall–Kier alpha value is -3.08. The third-order valence-electron chi connectivity index (χ3n) is 5.02. The van der Waals surface area contributed by atoms with Crippen LogP contribution in [0.2, 0.25) is 0 Å². The fourth-order valence-corrected chi connectivity index (χ4v) is 3.16. The molecule has 3 rings (SSSR count). The van der Waals surface area contributed by atoms with E-state index in [0.717, 1.165) is 59.0 Å². The van der Waals surface area contributed by atoms with Crippen molar-refractivity contribution in [3.8, 4) is 0 Å². The molecule has 0 atom stereocenters. The van der Waals surface area contributed by atoms with Gasteiger partial charge in [0, 0.05) is 40.4 Å². The third kappa shape index (κ3) is 5.05. The van der Waals surface area contributed by atoms with E-state index in [1.54, 1.807) is 12.4 Å². The Bertz CT molecular complexity index is 1030. The zero-order chi connectivity index (χ0) is 21.0. The molecular weight excluding hydrogens is 360 g/mol. The number of fused-ring (bicyclic) bond motifs is 1. The number of allylic oxidation sites excluding steroid dienone is 3. The zero-order valence-electron chi connectivity index (χ0n) is 17.5. The van der Waals surface area contributed by atoms with E-state index >= 15 is 0 Å². The average Bonchev–Trinajstić information content (AvgIpc) is 3.54. The highest BCUT2D eigenvalue weighted by Gasteiger charge is 2.29. The summed E-state index contributed by atoms with van der Waals surface area (Å²) in [4.78, 5) is 25.6. The maximum Gasteiger partial charge on any atom is 0.228 e. The van der Waals surface area contributed by atoms with Gasteiger partial charge in [-0.1, -0.05) is 32.6 Å². The SMILES string of the molecule is C=C(CCC)C(=C)N=C(C)/C(=C\C)c1cc2cnc(NC(=O)C3CC3)cc2cn1. The molecule has 0 spiro atoms. The summed E-state index contributed by atoms with van der Waals surface area (Å²) < 4.78 is 0. The first-order chi connectivity index (χ1) is 13.9. The van der Waals surface area contributed by atoms with Gasteiger partial charge in [0.2, 0.25) is 5.91 Å². The number of aromatic nitrogens is 2. The first kappa shape index (κ1) is 20.6.